The van der Waals surface area contributed by atoms with Crippen molar-refractivity contribution in [2.75, 3.05) is 31.2 Å². The summed E-state index contributed by atoms with van der Waals surface area (Å²) in [6.07, 6.45) is 4.74. The first-order chi connectivity index (χ1) is 9.38. The fourth-order valence-corrected chi connectivity index (χ4v) is 3.38. The van der Waals surface area contributed by atoms with Crippen LogP contribution in [0.3, 0.4) is 0 Å². The fraction of sp³-hybridized carbons (Fsp3) is 0.625. The molecular formula is C16H24N2O. The van der Waals surface area contributed by atoms with Crippen LogP contribution in [0.15, 0.2) is 24.3 Å². The lowest BCUT2D eigenvalue weighted by Crippen LogP contribution is -2.47. The highest BCUT2D eigenvalue weighted by atomic mass is 16.5. The predicted octanol–water partition coefficient (Wildman–Crippen LogP) is 2.19. The quantitative estimate of drug-likeness (QED) is 0.905. The lowest BCUT2D eigenvalue weighted by molar-refractivity contribution is 0.0675. The van der Waals surface area contributed by atoms with Crippen LogP contribution in [0.1, 0.15) is 24.8 Å². The van der Waals surface area contributed by atoms with Crippen LogP contribution in [0, 0.1) is 5.92 Å². The van der Waals surface area contributed by atoms with E-state index >= 15 is 0 Å². The molecule has 3 rings (SSSR count). The fourth-order valence-electron chi connectivity index (χ4n) is 3.38. The Hall–Kier alpha value is -1.06. The number of hydrogen-bond donors (Lipinski definition) is 1. The number of benzene rings is 1. The van der Waals surface area contributed by atoms with Crippen molar-refractivity contribution >= 4 is 5.69 Å². The van der Waals surface area contributed by atoms with E-state index in [9.17, 15) is 0 Å². The zero-order chi connectivity index (χ0) is 13.1. The van der Waals surface area contributed by atoms with Gasteiger partial charge in [-0.05, 0) is 43.2 Å². The van der Waals surface area contributed by atoms with Crippen molar-refractivity contribution in [3.63, 3.8) is 0 Å². The highest BCUT2D eigenvalue weighted by molar-refractivity contribution is 5.56. The summed E-state index contributed by atoms with van der Waals surface area (Å²) in [4.78, 5) is 2.56. The number of ether oxygens (including phenoxy) is 1. The summed E-state index contributed by atoms with van der Waals surface area (Å²) in [6.45, 7) is 3.75. The van der Waals surface area contributed by atoms with Crippen molar-refractivity contribution in [2.24, 2.45) is 11.7 Å². The molecule has 0 aromatic heterocycles. The third-order valence-corrected chi connectivity index (χ3v) is 4.56. The first-order valence-electron chi connectivity index (χ1n) is 7.51. The van der Waals surface area contributed by atoms with Gasteiger partial charge in [0.15, 0.2) is 0 Å². The minimum Gasteiger partial charge on any atom is -0.381 e. The first-order valence-corrected chi connectivity index (χ1v) is 7.51. The Morgan fingerprint density at radius 2 is 1.95 bits per heavy atom. The number of fused-ring (bicyclic) bond motifs is 1. The Kier molecular flexibility index (Phi) is 4.04. The van der Waals surface area contributed by atoms with Gasteiger partial charge in [-0.1, -0.05) is 18.2 Å². The van der Waals surface area contributed by atoms with Crippen LogP contribution >= 0.6 is 0 Å². The summed E-state index contributed by atoms with van der Waals surface area (Å²) >= 11 is 0. The lowest BCUT2D eigenvalue weighted by atomic mass is 9.92. The molecule has 0 bridgehead atoms. The molecule has 1 unspecified atom stereocenters. The third-order valence-electron chi connectivity index (χ3n) is 4.56. The van der Waals surface area contributed by atoms with Crippen LogP contribution in [-0.2, 0) is 11.2 Å². The molecule has 1 atom stereocenters. The van der Waals surface area contributed by atoms with Gasteiger partial charge in [0, 0.05) is 38.0 Å². The standard InChI is InChI=1S/C16H24N2O/c17-11-15-6-5-14-3-1-2-4-16(14)18(15)12-13-7-9-19-10-8-13/h1-4,13,15H,5-12,17H2. The number of para-hydroxylation sites is 1. The van der Waals surface area contributed by atoms with Gasteiger partial charge in [0.25, 0.3) is 0 Å². The molecule has 0 saturated carbocycles. The monoisotopic (exact) mass is 260 g/mol. The molecule has 1 fully saturated rings. The molecule has 3 nitrogen and oxygen atoms in total. The van der Waals surface area contributed by atoms with Crippen molar-refractivity contribution in [3.8, 4) is 0 Å². The summed E-state index contributed by atoms with van der Waals surface area (Å²) in [5.41, 5.74) is 8.89. The van der Waals surface area contributed by atoms with E-state index in [1.165, 1.54) is 36.9 Å². The predicted molar refractivity (Wildman–Crippen MR) is 78.5 cm³/mol. The van der Waals surface area contributed by atoms with E-state index < -0.39 is 0 Å². The van der Waals surface area contributed by atoms with Gasteiger partial charge in [-0.15, -0.1) is 0 Å². The average Bonchev–Trinajstić information content (AvgIpc) is 2.49. The van der Waals surface area contributed by atoms with Crippen molar-refractivity contribution in [1.82, 2.24) is 0 Å². The number of rotatable bonds is 3. The van der Waals surface area contributed by atoms with Gasteiger partial charge < -0.3 is 15.4 Å². The molecule has 104 valence electrons. The molecule has 1 saturated heterocycles. The number of hydrogen-bond acceptors (Lipinski definition) is 3. The first kappa shape index (κ1) is 12.9. The molecule has 1 aromatic rings. The van der Waals surface area contributed by atoms with E-state index in [0.717, 1.165) is 32.2 Å². The van der Waals surface area contributed by atoms with Crippen molar-refractivity contribution < 1.29 is 4.74 Å². The molecule has 2 N–H and O–H groups in total. The SMILES string of the molecule is NCC1CCc2ccccc2N1CC1CCOCC1. The maximum Gasteiger partial charge on any atom is 0.0469 e. The Bertz CT molecular complexity index is 415. The van der Waals surface area contributed by atoms with Crippen LogP contribution in [-0.4, -0.2) is 32.3 Å². The van der Waals surface area contributed by atoms with Gasteiger partial charge in [0.2, 0.25) is 0 Å². The maximum absolute atomic E-state index is 5.99. The van der Waals surface area contributed by atoms with Gasteiger partial charge in [0.05, 0.1) is 0 Å². The number of anilines is 1. The van der Waals surface area contributed by atoms with Gasteiger partial charge in [-0.3, -0.25) is 0 Å². The number of nitrogens with zero attached hydrogens (tertiary/aromatic N) is 1. The largest absolute Gasteiger partial charge is 0.381 e. The lowest BCUT2D eigenvalue weighted by Gasteiger charge is -2.41. The van der Waals surface area contributed by atoms with Crippen LogP contribution in [0.2, 0.25) is 0 Å². The Balaban J connectivity index is 1.79. The molecule has 3 heteroatoms. The molecule has 0 aliphatic carbocycles. The zero-order valence-corrected chi connectivity index (χ0v) is 11.6. The molecular weight excluding hydrogens is 236 g/mol. The van der Waals surface area contributed by atoms with Crippen LogP contribution in [0.25, 0.3) is 0 Å². The minimum atomic E-state index is 0.512. The van der Waals surface area contributed by atoms with Crippen molar-refractivity contribution in [1.29, 1.82) is 0 Å². The van der Waals surface area contributed by atoms with E-state index in [1.807, 2.05) is 0 Å². The normalized spacial score (nSPS) is 24.3. The van der Waals surface area contributed by atoms with E-state index in [-0.39, 0.29) is 0 Å². The Labute approximate surface area is 115 Å². The van der Waals surface area contributed by atoms with Crippen molar-refractivity contribution in [2.45, 2.75) is 31.7 Å². The smallest absolute Gasteiger partial charge is 0.0469 e. The molecule has 0 radical (unpaired) electrons. The molecule has 2 heterocycles. The molecule has 1 aromatic carbocycles. The molecule has 0 amide bonds. The molecule has 2 aliphatic rings. The second-order valence-electron chi connectivity index (χ2n) is 5.77. The van der Waals surface area contributed by atoms with Crippen LogP contribution in [0.4, 0.5) is 5.69 Å². The number of aryl methyl sites for hydroxylation is 1. The highest BCUT2D eigenvalue weighted by Crippen LogP contribution is 2.32. The second-order valence-corrected chi connectivity index (χ2v) is 5.77. The van der Waals surface area contributed by atoms with Crippen molar-refractivity contribution in [3.05, 3.63) is 29.8 Å². The van der Waals surface area contributed by atoms with Gasteiger partial charge >= 0.3 is 0 Å². The maximum atomic E-state index is 5.99. The van der Waals surface area contributed by atoms with E-state index in [0.29, 0.717) is 6.04 Å². The van der Waals surface area contributed by atoms with Crippen LogP contribution in [0.5, 0.6) is 0 Å². The Morgan fingerprint density at radius 3 is 2.74 bits per heavy atom. The van der Waals surface area contributed by atoms with Gasteiger partial charge in [-0.25, -0.2) is 0 Å². The summed E-state index contributed by atoms with van der Waals surface area (Å²) in [6, 6.07) is 9.33. The minimum absolute atomic E-state index is 0.512. The molecule has 0 spiro atoms. The summed E-state index contributed by atoms with van der Waals surface area (Å²) < 4.78 is 5.47. The Morgan fingerprint density at radius 1 is 1.16 bits per heavy atom. The van der Waals surface area contributed by atoms with E-state index in [2.05, 4.69) is 29.2 Å². The zero-order valence-electron chi connectivity index (χ0n) is 11.6. The van der Waals surface area contributed by atoms with E-state index in [1.54, 1.807) is 0 Å². The topological polar surface area (TPSA) is 38.5 Å². The average molecular weight is 260 g/mol. The summed E-state index contributed by atoms with van der Waals surface area (Å²) in [7, 11) is 0. The van der Waals surface area contributed by atoms with E-state index in [4.69, 9.17) is 10.5 Å². The summed E-state index contributed by atoms with van der Waals surface area (Å²) in [5.74, 6) is 0.758. The van der Waals surface area contributed by atoms with Gasteiger partial charge in [-0.2, -0.15) is 0 Å². The number of nitrogens with two attached hydrogens (primary N) is 1. The van der Waals surface area contributed by atoms with Crippen LogP contribution < -0.4 is 10.6 Å². The molecule has 2 aliphatic heterocycles. The third kappa shape index (κ3) is 2.77. The molecule has 19 heavy (non-hydrogen) atoms. The summed E-state index contributed by atoms with van der Waals surface area (Å²) in [5, 5.41) is 0. The second kappa shape index (κ2) is 5.93. The highest BCUT2D eigenvalue weighted by Gasteiger charge is 2.27. The van der Waals surface area contributed by atoms with Gasteiger partial charge in [0.1, 0.15) is 0 Å².